The summed E-state index contributed by atoms with van der Waals surface area (Å²) in [4.78, 5) is 23.9. The zero-order valence-electron chi connectivity index (χ0n) is 22.8. The van der Waals surface area contributed by atoms with E-state index >= 15 is 0 Å². The first-order valence-electron chi connectivity index (χ1n) is 12.6. The van der Waals surface area contributed by atoms with Crippen molar-refractivity contribution in [2.45, 2.75) is 20.8 Å². The number of rotatable bonds is 9. The molecule has 0 unspecified atom stereocenters. The maximum Gasteiger partial charge on any atom is 0.171 e. The summed E-state index contributed by atoms with van der Waals surface area (Å²) < 4.78 is 8.00. The van der Waals surface area contributed by atoms with Gasteiger partial charge in [0, 0.05) is 23.9 Å². The van der Waals surface area contributed by atoms with E-state index in [9.17, 15) is 10.1 Å². The van der Waals surface area contributed by atoms with Crippen molar-refractivity contribution in [1.29, 1.82) is 5.26 Å². The number of aromatic amines is 1. The normalized spacial score (nSPS) is 11.1. The predicted molar refractivity (Wildman–Crippen MR) is 150 cm³/mol. The lowest BCUT2D eigenvalue weighted by Gasteiger charge is -2.16. The van der Waals surface area contributed by atoms with E-state index in [-0.39, 0.29) is 11.5 Å². The molecule has 0 fully saturated rings. The number of likely N-dealkylation sites (N-methyl/N-ethyl adjacent to an activating group) is 1. The third kappa shape index (κ3) is 5.23. The standard InChI is InChI=1S/C28H28N10O2/c1-16-6-8-25(36-33-16)31-21-12-20-23(13-24(21)40-11-10-37(4)5)38(15-30-20)26-9-7-19(18(3)39)28(32-26)27-17(2)34-35-22(27)14-29/h6-9,12-13,15H,10-11H2,1-5H3,(H,31,36)(H,34,35). The fourth-order valence-corrected chi connectivity index (χ4v) is 4.24. The number of fused-ring (bicyclic) bond motifs is 1. The zero-order chi connectivity index (χ0) is 28.4. The first kappa shape index (κ1) is 26.5. The van der Waals surface area contributed by atoms with Crippen LogP contribution >= 0.6 is 0 Å². The van der Waals surface area contributed by atoms with Gasteiger partial charge in [0.2, 0.25) is 0 Å². The molecule has 2 N–H and O–H groups in total. The average molecular weight is 537 g/mol. The van der Waals surface area contributed by atoms with Gasteiger partial charge in [-0.15, -0.1) is 5.10 Å². The lowest BCUT2D eigenvalue weighted by Crippen LogP contribution is -2.19. The van der Waals surface area contributed by atoms with Crippen LogP contribution in [0.1, 0.15) is 34.4 Å². The van der Waals surface area contributed by atoms with Gasteiger partial charge in [-0.2, -0.15) is 15.5 Å². The molecule has 0 saturated heterocycles. The quantitative estimate of drug-likeness (QED) is 0.265. The van der Waals surface area contributed by atoms with Crippen LogP contribution in [0.4, 0.5) is 11.5 Å². The number of benzene rings is 1. The second-order valence-electron chi connectivity index (χ2n) is 9.59. The predicted octanol–water partition coefficient (Wildman–Crippen LogP) is 3.98. The van der Waals surface area contributed by atoms with Crippen molar-refractivity contribution in [2.75, 3.05) is 32.6 Å². The molecule has 0 saturated carbocycles. The van der Waals surface area contributed by atoms with Crippen molar-refractivity contribution >= 4 is 28.3 Å². The van der Waals surface area contributed by atoms with Crippen molar-refractivity contribution in [3.8, 4) is 28.9 Å². The van der Waals surface area contributed by atoms with E-state index in [2.05, 4.69) is 36.8 Å². The van der Waals surface area contributed by atoms with E-state index in [0.717, 1.165) is 17.8 Å². The number of ether oxygens (including phenoxy) is 1. The highest BCUT2D eigenvalue weighted by molar-refractivity contribution is 6.00. The summed E-state index contributed by atoms with van der Waals surface area (Å²) >= 11 is 0. The summed E-state index contributed by atoms with van der Waals surface area (Å²) in [6.07, 6.45) is 1.66. The molecule has 12 nitrogen and oxygen atoms in total. The van der Waals surface area contributed by atoms with Crippen LogP contribution in [-0.2, 0) is 0 Å². The molecular formula is C28H28N10O2. The Morgan fingerprint density at radius 3 is 2.70 bits per heavy atom. The number of nitrogens with one attached hydrogen (secondary N) is 2. The molecule has 4 aromatic heterocycles. The van der Waals surface area contributed by atoms with Gasteiger partial charge in [0.1, 0.15) is 30.6 Å². The third-order valence-corrected chi connectivity index (χ3v) is 6.30. The minimum atomic E-state index is -0.166. The highest BCUT2D eigenvalue weighted by Crippen LogP contribution is 2.34. The van der Waals surface area contributed by atoms with E-state index in [4.69, 9.17) is 9.72 Å². The topological polar surface area (TPSA) is 151 Å². The van der Waals surface area contributed by atoms with Crippen molar-refractivity contribution in [1.82, 2.24) is 39.8 Å². The smallest absolute Gasteiger partial charge is 0.171 e. The van der Waals surface area contributed by atoms with Gasteiger partial charge in [0.25, 0.3) is 0 Å². The molecule has 202 valence electrons. The fraction of sp³-hybridized carbons (Fsp3) is 0.250. The van der Waals surface area contributed by atoms with Crippen LogP contribution in [0.5, 0.6) is 5.75 Å². The van der Waals surface area contributed by atoms with Crippen LogP contribution in [-0.4, -0.2) is 72.9 Å². The van der Waals surface area contributed by atoms with Crippen LogP contribution in [0.2, 0.25) is 0 Å². The Balaban J connectivity index is 1.62. The molecule has 0 aliphatic carbocycles. The molecule has 0 atom stereocenters. The van der Waals surface area contributed by atoms with Gasteiger partial charge in [-0.1, -0.05) is 0 Å². The number of Topliss-reactive ketones (excluding diaryl/α,β-unsaturated/α-hetero) is 1. The Labute approximate surface area is 230 Å². The van der Waals surface area contributed by atoms with Crippen molar-refractivity contribution in [3.63, 3.8) is 0 Å². The zero-order valence-corrected chi connectivity index (χ0v) is 22.8. The summed E-state index contributed by atoms with van der Waals surface area (Å²) in [7, 11) is 3.96. The van der Waals surface area contributed by atoms with Crippen molar-refractivity contribution < 1.29 is 9.53 Å². The van der Waals surface area contributed by atoms with Gasteiger partial charge in [-0.3, -0.25) is 14.5 Å². The average Bonchev–Trinajstić information content (AvgIpc) is 3.51. The highest BCUT2D eigenvalue weighted by Gasteiger charge is 2.21. The number of H-pyrrole nitrogens is 1. The maximum absolute atomic E-state index is 12.5. The number of anilines is 2. The fourth-order valence-electron chi connectivity index (χ4n) is 4.24. The second-order valence-corrected chi connectivity index (χ2v) is 9.59. The first-order valence-corrected chi connectivity index (χ1v) is 12.6. The molecule has 4 heterocycles. The largest absolute Gasteiger partial charge is 0.490 e. The van der Waals surface area contributed by atoms with Crippen LogP contribution in [0.3, 0.4) is 0 Å². The Morgan fingerprint density at radius 1 is 1.18 bits per heavy atom. The summed E-state index contributed by atoms with van der Waals surface area (Å²) in [6.45, 7) is 6.33. The van der Waals surface area contributed by atoms with Crippen LogP contribution < -0.4 is 10.1 Å². The number of aromatic nitrogens is 7. The number of hydrogen-bond donors (Lipinski definition) is 2. The van der Waals surface area contributed by atoms with Crippen LogP contribution in [0.15, 0.2) is 42.7 Å². The Hall–Kier alpha value is -5.15. The molecule has 0 spiro atoms. The second kappa shape index (κ2) is 10.9. The Kier molecular flexibility index (Phi) is 7.22. The van der Waals surface area contributed by atoms with Crippen LogP contribution in [0.25, 0.3) is 28.1 Å². The number of hydrogen-bond acceptors (Lipinski definition) is 10. The van der Waals surface area contributed by atoms with E-state index in [0.29, 0.717) is 57.7 Å². The van der Waals surface area contributed by atoms with Crippen LogP contribution in [0, 0.1) is 25.2 Å². The molecule has 0 amide bonds. The molecule has 0 aliphatic heterocycles. The monoisotopic (exact) mass is 536 g/mol. The molecule has 1 aromatic carbocycles. The van der Waals surface area contributed by atoms with E-state index < -0.39 is 0 Å². The molecule has 5 aromatic rings. The molecule has 0 aliphatic rings. The summed E-state index contributed by atoms with van der Waals surface area (Å²) in [5.41, 5.74) is 5.05. The number of carbonyl (C=O) groups is 1. The number of ketones is 1. The van der Waals surface area contributed by atoms with E-state index in [1.54, 1.807) is 25.4 Å². The van der Waals surface area contributed by atoms with Crippen molar-refractivity contribution in [3.05, 3.63) is 65.4 Å². The molecule has 5 rings (SSSR count). The number of aryl methyl sites for hydroxylation is 2. The van der Waals surface area contributed by atoms with Gasteiger partial charge < -0.3 is 15.0 Å². The minimum Gasteiger partial charge on any atom is -0.490 e. The van der Waals surface area contributed by atoms with Gasteiger partial charge in [-0.05, 0) is 65.2 Å². The summed E-state index contributed by atoms with van der Waals surface area (Å²) in [6, 6.07) is 13.1. The number of carbonyl (C=O) groups excluding carboxylic acids is 1. The highest BCUT2D eigenvalue weighted by atomic mass is 16.5. The maximum atomic E-state index is 12.5. The van der Waals surface area contributed by atoms with Gasteiger partial charge in [-0.25, -0.2) is 9.97 Å². The number of nitriles is 1. The number of pyridine rings is 1. The summed E-state index contributed by atoms with van der Waals surface area (Å²) in [5.74, 6) is 1.55. The molecule has 40 heavy (non-hydrogen) atoms. The first-order chi connectivity index (χ1) is 19.2. The number of imidazole rings is 1. The van der Waals surface area contributed by atoms with Gasteiger partial charge in [0.15, 0.2) is 17.3 Å². The number of nitrogens with zero attached hydrogens (tertiary/aromatic N) is 8. The molecule has 0 bridgehead atoms. The Bertz CT molecular complexity index is 1750. The molecular weight excluding hydrogens is 508 g/mol. The minimum absolute atomic E-state index is 0.166. The van der Waals surface area contributed by atoms with Crippen molar-refractivity contribution in [2.24, 2.45) is 0 Å². The lowest BCUT2D eigenvalue weighted by atomic mass is 10.0. The summed E-state index contributed by atoms with van der Waals surface area (Å²) in [5, 5.41) is 28.1. The van der Waals surface area contributed by atoms with E-state index in [1.807, 2.05) is 54.8 Å². The molecule has 0 radical (unpaired) electrons. The van der Waals surface area contributed by atoms with Gasteiger partial charge in [0.05, 0.1) is 33.7 Å². The lowest BCUT2D eigenvalue weighted by molar-refractivity contribution is 0.101. The van der Waals surface area contributed by atoms with E-state index in [1.165, 1.54) is 6.92 Å². The van der Waals surface area contributed by atoms with Gasteiger partial charge >= 0.3 is 0 Å². The molecule has 12 heteroatoms. The SMILES string of the molecule is CC(=O)c1ccc(-n2cnc3cc(Nc4ccc(C)nn4)c(OCCN(C)C)cc32)nc1-c1c(C#N)n[nH]c1C. The third-order valence-electron chi connectivity index (χ3n) is 6.30. The Morgan fingerprint density at radius 2 is 2.00 bits per heavy atom.